The lowest BCUT2D eigenvalue weighted by molar-refractivity contribution is 0.586. The minimum Gasteiger partial charge on any atom is -0.397 e. The number of rotatable bonds is 6. The molecule has 1 aromatic carbocycles. The molecule has 90 valence electrons. The van der Waals surface area contributed by atoms with Crippen LogP contribution in [0, 0.1) is 0 Å². The van der Waals surface area contributed by atoms with Gasteiger partial charge in [0, 0.05) is 13.1 Å². The second kappa shape index (κ2) is 5.72. The number of hydrogen-bond acceptors (Lipinski definition) is 4. The van der Waals surface area contributed by atoms with E-state index in [2.05, 4.69) is 10.0 Å². The molecule has 0 aliphatic rings. The first-order chi connectivity index (χ1) is 7.49. The van der Waals surface area contributed by atoms with Crippen LogP contribution in [-0.4, -0.2) is 27.8 Å². The Balaban J connectivity index is 2.24. The first kappa shape index (κ1) is 12.8. The average Bonchev–Trinajstić information content (AvgIpc) is 2.18. The minimum atomic E-state index is -3.08. The van der Waals surface area contributed by atoms with Crippen molar-refractivity contribution >= 4 is 21.4 Å². The summed E-state index contributed by atoms with van der Waals surface area (Å²) in [7, 11) is -3.08. The molecule has 0 saturated heterocycles. The number of nitrogens with one attached hydrogen (secondary N) is 2. The summed E-state index contributed by atoms with van der Waals surface area (Å²) in [6.07, 6.45) is 1.86. The van der Waals surface area contributed by atoms with E-state index in [1.54, 1.807) is 0 Å². The van der Waals surface area contributed by atoms with Gasteiger partial charge in [-0.05, 0) is 18.6 Å². The maximum atomic E-state index is 10.8. The fraction of sp³-hybridized carbons (Fsp3) is 0.400. The predicted molar refractivity (Wildman–Crippen MR) is 66.8 cm³/mol. The molecule has 0 radical (unpaired) electrons. The summed E-state index contributed by atoms with van der Waals surface area (Å²) in [6, 6.07) is 7.47. The monoisotopic (exact) mass is 243 g/mol. The molecular weight excluding hydrogens is 226 g/mol. The largest absolute Gasteiger partial charge is 0.397 e. The number of hydrogen-bond donors (Lipinski definition) is 3. The van der Waals surface area contributed by atoms with Crippen LogP contribution in [0.4, 0.5) is 11.4 Å². The Labute approximate surface area is 96.1 Å². The van der Waals surface area contributed by atoms with Gasteiger partial charge in [0.05, 0.1) is 17.6 Å². The number of para-hydroxylation sites is 2. The zero-order valence-corrected chi connectivity index (χ0v) is 10.0. The fourth-order valence-corrected chi connectivity index (χ4v) is 1.74. The van der Waals surface area contributed by atoms with Crippen LogP contribution in [0.5, 0.6) is 0 Å². The van der Waals surface area contributed by atoms with Crippen LogP contribution in [0.1, 0.15) is 6.42 Å². The van der Waals surface area contributed by atoms with Gasteiger partial charge in [-0.2, -0.15) is 0 Å². The van der Waals surface area contributed by atoms with Crippen LogP contribution in [0.25, 0.3) is 0 Å². The van der Waals surface area contributed by atoms with Gasteiger partial charge in [-0.15, -0.1) is 0 Å². The van der Waals surface area contributed by atoms with E-state index in [4.69, 9.17) is 5.73 Å². The highest BCUT2D eigenvalue weighted by Crippen LogP contribution is 2.16. The summed E-state index contributed by atoms with van der Waals surface area (Å²) in [5.41, 5.74) is 7.30. The highest BCUT2D eigenvalue weighted by Gasteiger charge is 1.99. The maximum absolute atomic E-state index is 10.8. The van der Waals surface area contributed by atoms with Crippen molar-refractivity contribution in [1.82, 2.24) is 4.72 Å². The van der Waals surface area contributed by atoms with E-state index in [9.17, 15) is 8.42 Å². The normalized spacial score (nSPS) is 11.3. The second-order valence-electron chi connectivity index (χ2n) is 3.53. The van der Waals surface area contributed by atoms with Gasteiger partial charge in [0.15, 0.2) is 0 Å². The molecule has 0 aliphatic heterocycles. The summed E-state index contributed by atoms with van der Waals surface area (Å²) in [5, 5.41) is 3.14. The Morgan fingerprint density at radius 2 is 1.94 bits per heavy atom. The fourth-order valence-electron chi connectivity index (χ4n) is 1.23. The van der Waals surface area contributed by atoms with Gasteiger partial charge < -0.3 is 11.1 Å². The van der Waals surface area contributed by atoms with Gasteiger partial charge in [0.2, 0.25) is 10.0 Å². The van der Waals surface area contributed by atoms with Crippen molar-refractivity contribution in [3.63, 3.8) is 0 Å². The van der Waals surface area contributed by atoms with E-state index in [1.165, 1.54) is 0 Å². The van der Waals surface area contributed by atoms with E-state index in [0.717, 1.165) is 11.9 Å². The average molecular weight is 243 g/mol. The SMILES string of the molecule is CS(=O)(=O)NCCCNc1ccccc1N. The highest BCUT2D eigenvalue weighted by atomic mass is 32.2. The minimum absolute atomic E-state index is 0.429. The molecule has 4 N–H and O–H groups in total. The number of nitrogens with two attached hydrogens (primary N) is 1. The zero-order valence-electron chi connectivity index (χ0n) is 9.23. The second-order valence-corrected chi connectivity index (χ2v) is 5.37. The Morgan fingerprint density at radius 1 is 1.25 bits per heavy atom. The molecule has 1 rings (SSSR count). The molecule has 5 nitrogen and oxygen atoms in total. The third-order valence-electron chi connectivity index (χ3n) is 1.99. The van der Waals surface area contributed by atoms with Crippen LogP contribution in [-0.2, 0) is 10.0 Å². The van der Waals surface area contributed by atoms with Gasteiger partial charge in [0.25, 0.3) is 0 Å². The predicted octanol–water partition coefficient (Wildman–Crippen LogP) is 0.620. The molecule has 0 aromatic heterocycles. The summed E-state index contributed by atoms with van der Waals surface area (Å²) in [4.78, 5) is 0. The van der Waals surface area contributed by atoms with Crippen LogP contribution in [0.15, 0.2) is 24.3 Å². The van der Waals surface area contributed by atoms with E-state index in [-0.39, 0.29) is 0 Å². The summed E-state index contributed by atoms with van der Waals surface area (Å²) < 4.78 is 24.0. The van der Waals surface area contributed by atoms with Crippen LogP contribution in [0.2, 0.25) is 0 Å². The molecule has 0 heterocycles. The van der Waals surface area contributed by atoms with Crippen molar-refractivity contribution in [1.29, 1.82) is 0 Å². The molecule has 0 spiro atoms. The first-order valence-corrected chi connectivity index (χ1v) is 6.91. The van der Waals surface area contributed by atoms with E-state index >= 15 is 0 Å². The van der Waals surface area contributed by atoms with Gasteiger partial charge in [-0.1, -0.05) is 12.1 Å². The molecular formula is C10H17N3O2S. The van der Waals surface area contributed by atoms with Gasteiger partial charge in [0.1, 0.15) is 0 Å². The lowest BCUT2D eigenvalue weighted by Gasteiger charge is -2.08. The zero-order chi connectivity index (χ0) is 12.0. The summed E-state index contributed by atoms with van der Waals surface area (Å²) >= 11 is 0. The van der Waals surface area contributed by atoms with Crippen molar-refractivity contribution in [3.05, 3.63) is 24.3 Å². The quantitative estimate of drug-likeness (QED) is 0.505. The summed E-state index contributed by atoms with van der Waals surface area (Å²) in [6.45, 7) is 1.11. The molecule has 1 aromatic rings. The molecule has 0 bridgehead atoms. The molecule has 0 amide bonds. The van der Waals surface area contributed by atoms with Gasteiger partial charge >= 0.3 is 0 Å². The summed E-state index contributed by atoms with van der Waals surface area (Å²) in [5.74, 6) is 0. The van der Waals surface area contributed by atoms with Crippen molar-refractivity contribution in [2.24, 2.45) is 0 Å². The molecule has 0 saturated carbocycles. The van der Waals surface area contributed by atoms with Crippen molar-refractivity contribution in [2.45, 2.75) is 6.42 Å². The number of nitrogen functional groups attached to an aromatic ring is 1. The van der Waals surface area contributed by atoms with Crippen molar-refractivity contribution in [2.75, 3.05) is 30.4 Å². The maximum Gasteiger partial charge on any atom is 0.208 e. The van der Waals surface area contributed by atoms with Crippen molar-refractivity contribution < 1.29 is 8.42 Å². The highest BCUT2D eigenvalue weighted by molar-refractivity contribution is 7.88. The van der Waals surface area contributed by atoms with E-state index in [0.29, 0.717) is 25.2 Å². The Hall–Kier alpha value is -1.27. The lowest BCUT2D eigenvalue weighted by atomic mass is 10.2. The number of anilines is 2. The smallest absolute Gasteiger partial charge is 0.208 e. The third-order valence-corrected chi connectivity index (χ3v) is 2.72. The molecule has 16 heavy (non-hydrogen) atoms. The number of sulfonamides is 1. The standard InChI is InChI=1S/C10H17N3O2S/c1-16(14,15)13-8-4-7-12-10-6-3-2-5-9(10)11/h2-3,5-6,12-13H,4,7-8,11H2,1H3. The van der Waals surface area contributed by atoms with Gasteiger partial charge in [-0.3, -0.25) is 0 Å². The molecule has 6 heteroatoms. The topological polar surface area (TPSA) is 84.2 Å². The number of benzene rings is 1. The van der Waals surface area contributed by atoms with Crippen molar-refractivity contribution in [3.8, 4) is 0 Å². The Morgan fingerprint density at radius 3 is 2.56 bits per heavy atom. The lowest BCUT2D eigenvalue weighted by Crippen LogP contribution is -2.24. The van der Waals surface area contributed by atoms with E-state index in [1.807, 2.05) is 24.3 Å². The van der Waals surface area contributed by atoms with Gasteiger partial charge in [-0.25, -0.2) is 13.1 Å². The van der Waals surface area contributed by atoms with E-state index < -0.39 is 10.0 Å². The Bertz CT molecular complexity index is 431. The van der Waals surface area contributed by atoms with Crippen LogP contribution < -0.4 is 15.8 Å². The molecule has 0 atom stereocenters. The molecule has 0 unspecified atom stereocenters. The molecule has 0 aliphatic carbocycles. The first-order valence-electron chi connectivity index (χ1n) is 5.02. The van der Waals surface area contributed by atoms with Crippen LogP contribution >= 0.6 is 0 Å². The molecule has 0 fully saturated rings. The van der Waals surface area contributed by atoms with Crippen LogP contribution in [0.3, 0.4) is 0 Å². The third kappa shape index (κ3) is 4.99. The Kier molecular flexibility index (Phi) is 4.57.